The first-order valence-corrected chi connectivity index (χ1v) is 6.74. The van der Waals surface area contributed by atoms with Crippen molar-refractivity contribution in [1.29, 1.82) is 0 Å². The molecule has 1 aromatic heterocycles. The molecule has 2 unspecified atom stereocenters. The number of fused-ring (bicyclic) bond motifs is 3. The van der Waals surface area contributed by atoms with E-state index >= 15 is 0 Å². The van der Waals surface area contributed by atoms with Gasteiger partial charge < -0.3 is 4.98 Å². The molecule has 0 bridgehead atoms. The molecular formula is C14H16BrN. The number of aromatic amines is 1. The van der Waals surface area contributed by atoms with Crippen LogP contribution in [0.1, 0.15) is 37.4 Å². The zero-order chi connectivity index (χ0) is 11.3. The van der Waals surface area contributed by atoms with E-state index in [1.54, 1.807) is 5.56 Å². The number of benzene rings is 1. The number of hydrogen-bond acceptors (Lipinski definition) is 0. The maximum atomic E-state index is 3.58. The van der Waals surface area contributed by atoms with Crippen LogP contribution in [0.3, 0.4) is 0 Å². The van der Waals surface area contributed by atoms with Gasteiger partial charge in [0.05, 0.1) is 0 Å². The minimum Gasteiger partial charge on any atom is -0.358 e. The molecule has 2 atom stereocenters. The Morgan fingerprint density at radius 2 is 2.12 bits per heavy atom. The third-order valence-electron chi connectivity index (χ3n) is 3.68. The second-order valence-corrected chi connectivity index (χ2v) is 6.07. The van der Waals surface area contributed by atoms with Crippen molar-refractivity contribution in [1.82, 2.24) is 4.98 Å². The lowest BCUT2D eigenvalue weighted by Crippen LogP contribution is -2.13. The molecule has 1 nitrogen and oxygen atoms in total. The Bertz CT molecular complexity index is 541. The highest BCUT2D eigenvalue weighted by Crippen LogP contribution is 2.39. The van der Waals surface area contributed by atoms with E-state index in [-0.39, 0.29) is 0 Å². The van der Waals surface area contributed by atoms with E-state index in [0.29, 0.717) is 5.92 Å². The van der Waals surface area contributed by atoms with Crippen molar-refractivity contribution in [3.8, 4) is 0 Å². The third kappa shape index (κ3) is 1.51. The Balaban J connectivity index is 2.27. The van der Waals surface area contributed by atoms with Crippen molar-refractivity contribution in [2.24, 2.45) is 5.92 Å². The van der Waals surface area contributed by atoms with Gasteiger partial charge in [-0.15, -0.1) is 0 Å². The van der Waals surface area contributed by atoms with Crippen molar-refractivity contribution in [2.75, 3.05) is 0 Å². The maximum Gasteiger partial charge on any atom is 0.0459 e. The van der Waals surface area contributed by atoms with Gasteiger partial charge in [0.1, 0.15) is 0 Å². The predicted molar refractivity (Wildman–Crippen MR) is 71.9 cm³/mol. The summed E-state index contributed by atoms with van der Waals surface area (Å²) in [7, 11) is 0. The van der Waals surface area contributed by atoms with Gasteiger partial charge in [-0.25, -0.2) is 0 Å². The minimum absolute atomic E-state index is 0.682. The molecule has 1 N–H and O–H groups in total. The lowest BCUT2D eigenvalue weighted by molar-refractivity contribution is 0.448. The van der Waals surface area contributed by atoms with Crippen molar-refractivity contribution in [2.45, 2.75) is 32.6 Å². The van der Waals surface area contributed by atoms with Crippen LogP contribution in [0.25, 0.3) is 10.9 Å². The Morgan fingerprint density at radius 3 is 2.94 bits per heavy atom. The summed E-state index contributed by atoms with van der Waals surface area (Å²) in [5.74, 6) is 1.49. The Morgan fingerprint density at radius 1 is 1.31 bits per heavy atom. The molecule has 16 heavy (non-hydrogen) atoms. The average Bonchev–Trinajstić information content (AvgIpc) is 2.54. The lowest BCUT2D eigenvalue weighted by Gasteiger charge is -2.24. The van der Waals surface area contributed by atoms with Crippen LogP contribution in [0.2, 0.25) is 0 Å². The van der Waals surface area contributed by atoms with Gasteiger partial charge in [-0.2, -0.15) is 0 Å². The van der Waals surface area contributed by atoms with Crippen LogP contribution in [0.5, 0.6) is 0 Å². The van der Waals surface area contributed by atoms with Crippen LogP contribution in [0.15, 0.2) is 22.7 Å². The summed E-state index contributed by atoms with van der Waals surface area (Å²) in [6.07, 6.45) is 2.51. The smallest absolute Gasteiger partial charge is 0.0459 e. The molecule has 1 aliphatic rings. The van der Waals surface area contributed by atoms with E-state index in [0.717, 1.165) is 5.92 Å². The zero-order valence-electron chi connectivity index (χ0n) is 9.68. The van der Waals surface area contributed by atoms with Crippen LogP contribution in [-0.4, -0.2) is 4.98 Å². The Labute approximate surface area is 104 Å². The van der Waals surface area contributed by atoms with Gasteiger partial charge in [-0.3, -0.25) is 0 Å². The van der Waals surface area contributed by atoms with E-state index in [1.807, 2.05) is 0 Å². The number of aromatic nitrogens is 1. The predicted octanol–water partition coefficient (Wildman–Crippen LogP) is 4.62. The van der Waals surface area contributed by atoms with Crippen molar-refractivity contribution < 1.29 is 0 Å². The van der Waals surface area contributed by atoms with E-state index < -0.39 is 0 Å². The summed E-state index contributed by atoms with van der Waals surface area (Å²) >= 11 is 3.56. The summed E-state index contributed by atoms with van der Waals surface area (Å²) in [6.45, 7) is 4.70. The molecule has 3 rings (SSSR count). The number of hydrogen-bond donors (Lipinski definition) is 1. The molecule has 0 saturated carbocycles. The van der Waals surface area contributed by atoms with Crippen LogP contribution < -0.4 is 0 Å². The summed E-state index contributed by atoms with van der Waals surface area (Å²) in [5.41, 5.74) is 4.29. The molecule has 0 saturated heterocycles. The van der Waals surface area contributed by atoms with E-state index in [4.69, 9.17) is 0 Å². The molecule has 84 valence electrons. The van der Waals surface area contributed by atoms with Gasteiger partial charge in [0.2, 0.25) is 0 Å². The normalized spacial score (nSPS) is 24.7. The maximum absolute atomic E-state index is 3.58. The second-order valence-electron chi connectivity index (χ2n) is 5.15. The van der Waals surface area contributed by atoms with Crippen molar-refractivity contribution in [3.05, 3.63) is 33.9 Å². The summed E-state index contributed by atoms with van der Waals surface area (Å²) in [4.78, 5) is 3.58. The molecule has 1 heterocycles. The first kappa shape index (κ1) is 10.4. The van der Waals surface area contributed by atoms with Gasteiger partial charge in [-0.05, 0) is 48.4 Å². The molecule has 0 spiro atoms. The highest BCUT2D eigenvalue weighted by molar-refractivity contribution is 9.10. The zero-order valence-corrected chi connectivity index (χ0v) is 11.3. The Hall–Kier alpha value is -0.760. The van der Waals surface area contributed by atoms with Crippen LogP contribution >= 0.6 is 15.9 Å². The monoisotopic (exact) mass is 277 g/mol. The van der Waals surface area contributed by atoms with Gasteiger partial charge >= 0.3 is 0 Å². The van der Waals surface area contributed by atoms with Gasteiger partial charge in [0.25, 0.3) is 0 Å². The fraction of sp³-hybridized carbons (Fsp3) is 0.429. The van der Waals surface area contributed by atoms with Gasteiger partial charge in [0.15, 0.2) is 0 Å². The standard InChI is InChI=1S/C14H16BrN/c1-8-5-9(2)14-11-7-10(15)3-4-12(11)16-13(14)6-8/h3-4,7-9,16H,5-6H2,1-2H3. The van der Waals surface area contributed by atoms with E-state index in [2.05, 4.69) is 53.0 Å². The number of halogens is 1. The molecule has 0 radical (unpaired) electrons. The number of H-pyrrole nitrogens is 1. The number of nitrogens with one attached hydrogen (secondary N) is 1. The fourth-order valence-corrected chi connectivity index (χ4v) is 3.48. The molecule has 2 aromatic rings. The first-order chi connectivity index (χ1) is 7.65. The van der Waals surface area contributed by atoms with Crippen LogP contribution in [-0.2, 0) is 6.42 Å². The molecule has 0 amide bonds. The molecular weight excluding hydrogens is 262 g/mol. The number of rotatable bonds is 0. The first-order valence-electron chi connectivity index (χ1n) is 5.95. The van der Waals surface area contributed by atoms with Crippen LogP contribution in [0.4, 0.5) is 0 Å². The third-order valence-corrected chi connectivity index (χ3v) is 4.18. The summed E-state index contributed by atoms with van der Waals surface area (Å²) < 4.78 is 1.17. The topological polar surface area (TPSA) is 15.8 Å². The quantitative estimate of drug-likeness (QED) is 0.724. The highest BCUT2D eigenvalue weighted by atomic mass is 79.9. The molecule has 0 fully saturated rings. The SMILES string of the molecule is CC1Cc2[nH]c3ccc(Br)cc3c2C(C)C1. The fourth-order valence-electron chi connectivity index (χ4n) is 3.12. The largest absolute Gasteiger partial charge is 0.358 e. The van der Waals surface area contributed by atoms with Gasteiger partial charge in [0, 0.05) is 21.1 Å². The molecule has 2 heteroatoms. The molecule has 1 aliphatic carbocycles. The second kappa shape index (κ2) is 3.63. The highest BCUT2D eigenvalue weighted by Gasteiger charge is 2.25. The Kier molecular flexibility index (Phi) is 2.36. The summed E-state index contributed by atoms with van der Waals surface area (Å²) in [6, 6.07) is 6.53. The van der Waals surface area contributed by atoms with Crippen LogP contribution in [0, 0.1) is 5.92 Å². The molecule has 0 aliphatic heterocycles. The van der Waals surface area contributed by atoms with E-state index in [1.165, 1.54) is 33.9 Å². The van der Waals surface area contributed by atoms with E-state index in [9.17, 15) is 0 Å². The summed E-state index contributed by atoms with van der Waals surface area (Å²) in [5, 5.41) is 1.41. The van der Waals surface area contributed by atoms with Crippen molar-refractivity contribution in [3.63, 3.8) is 0 Å². The van der Waals surface area contributed by atoms with Gasteiger partial charge in [-0.1, -0.05) is 29.8 Å². The minimum atomic E-state index is 0.682. The lowest BCUT2D eigenvalue weighted by atomic mass is 9.81. The molecule has 1 aromatic carbocycles. The average molecular weight is 278 g/mol. The van der Waals surface area contributed by atoms with Crippen molar-refractivity contribution >= 4 is 26.8 Å².